The number of unbranched alkanes of at least 4 members (excludes halogenated alkanes) is 4. The van der Waals surface area contributed by atoms with Crippen molar-refractivity contribution in [2.24, 2.45) is 0 Å². The second kappa shape index (κ2) is 13.0. The van der Waals surface area contributed by atoms with Crippen LogP contribution in [0.1, 0.15) is 65.0 Å². The van der Waals surface area contributed by atoms with E-state index in [9.17, 15) is 0 Å². The van der Waals surface area contributed by atoms with Gasteiger partial charge in [0, 0.05) is 49.4 Å². The van der Waals surface area contributed by atoms with Gasteiger partial charge in [-0.25, -0.2) is 0 Å². The minimum atomic E-state index is 0.681. The molecule has 0 saturated carbocycles. The van der Waals surface area contributed by atoms with Gasteiger partial charge in [0.15, 0.2) is 0 Å². The summed E-state index contributed by atoms with van der Waals surface area (Å²) in [5.41, 5.74) is 2.09. The summed E-state index contributed by atoms with van der Waals surface area (Å²) in [4.78, 5) is 10.0. The van der Waals surface area contributed by atoms with E-state index in [4.69, 9.17) is 14.5 Å². The van der Waals surface area contributed by atoms with Crippen molar-refractivity contribution in [1.82, 2.24) is 14.8 Å². The molecule has 0 radical (unpaired) electrons. The van der Waals surface area contributed by atoms with Crippen molar-refractivity contribution in [3.63, 3.8) is 0 Å². The molecule has 1 aliphatic heterocycles. The standard InChI is InChI=1S/C27H43N3O2/c1-5-6-11-23-20-27(31-4)25-21-24(12-13-26(25)28-23)32-19-10-8-7-9-14-29-15-17-30(18-16-29)22(2)3/h12-13,20-22H,5-11,14-19H2,1-4H3. The maximum atomic E-state index is 6.04. The van der Waals surface area contributed by atoms with Gasteiger partial charge in [-0.15, -0.1) is 0 Å². The summed E-state index contributed by atoms with van der Waals surface area (Å²) in [6.07, 6.45) is 8.22. The maximum Gasteiger partial charge on any atom is 0.130 e. The summed E-state index contributed by atoms with van der Waals surface area (Å²) in [6, 6.07) is 8.92. The average Bonchev–Trinajstić information content (AvgIpc) is 2.81. The zero-order chi connectivity index (χ0) is 22.8. The maximum absolute atomic E-state index is 6.04. The highest BCUT2D eigenvalue weighted by molar-refractivity contribution is 5.86. The Hall–Kier alpha value is -1.85. The fraction of sp³-hybridized carbons (Fsp3) is 0.667. The number of piperazine rings is 1. The lowest BCUT2D eigenvalue weighted by atomic mass is 10.1. The van der Waals surface area contributed by atoms with Gasteiger partial charge in [-0.05, 0) is 64.3 Å². The van der Waals surface area contributed by atoms with Gasteiger partial charge in [0.25, 0.3) is 0 Å². The summed E-state index contributed by atoms with van der Waals surface area (Å²) < 4.78 is 11.7. The minimum absolute atomic E-state index is 0.681. The van der Waals surface area contributed by atoms with Crippen molar-refractivity contribution in [1.29, 1.82) is 0 Å². The van der Waals surface area contributed by atoms with Crippen LogP contribution in [-0.2, 0) is 6.42 Å². The Morgan fingerprint density at radius 2 is 1.75 bits per heavy atom. The lowest BCUT2D eigenvalue weighted by Gasteiger charge is -2.36. The van der Waals surface area contributed by atoms with E-state index in [1.54, 1.807) is 7.11 Å². The molecule has 0 N–H and O–H groups in total. The van der Waals surface area contributed by atoms with Gasteiger partial charge >= 0.3 is 0 Å². The second-order valence-corrected chi connectivity index (χ2v) is 9.33. The van der Waals surface area contributed by atoms with E-state index in [0.717, 1.165) is 54.0 Å². The van der Waals surface area contributed by atoms with Crippen LogP contribution in [-0.4, -0.2) is 67.3 Å². The second-order valence-electron chi connectivity index (χ2n) is 9.33. The highest BCUT2D eigenvalue weighted by Crippen LogP contribution is 2.29. The third-order valence-electron chi connectivity index (χ3n) is 6.58. The number of aromatic nitrogens is 1. The highest BCUT2D eigenvalue weighted by atomic mass is 16.5. The Kier molecular flexibility index (Phi) is 10.1. The monoisotopic (exact) mass is 441 g/mol. The van der Waals surface area contributed by atoms with E-state index >= 15 is 0 Å². The van der Waals surface area contributed by atoms with E-state index < -0.39 is 0 Å². The van der Waals surface area contributed by atoms with E-state index in [2.05, 4.69) is 48.8 Å². The molecule has 1 aromatic heterocycles. The van der Waals surface area contributed by atoms with Crippen molar-refractivity contribution in [2.75, 3.05) is 46.4 Å². The van der Waals surface area contributed by atoms with E-state index in [1.807, 2.05) is 6.07 Å². The van der Waals surface area contributed by atoms with Crippen molar-refractivity contribution in [3.05, 3.63) is 30.0 Å². The Balaban J connectivity index is 1.36. The van der Waals surface area contributed by atoms with Crippen LogP contribution in [0.25, 0.3) is 10.9 Å². The molecule has 2 heterocycles. The minimum Gasteiger partial charge on any atom is -0.496 e. The molecule has 0 atom stereocenters. The number of aryl methyl sites for hydroxylation is 1. The summed E-state index contributed by atoms with van der Waals surface area (Å²) in [6.45, 7) is 13.7. The number of pyridine rings is 1. The molecular formula is C27H43N3O2. The molecule has 0 spiro atoms. The first-order valence-electron chi connectivity index (χ1n) is 12.7. The first-order valence-corrected chi connectivity index (χ1v) is 12.7. The van der Waals surface area contributed by atoms with E-state index in [0.29, 0.717) is 6.04 Å². The quantitative estimate of drug-likeness (QED) is 0.381. The fourth-order valence-corrected chi connectivity index (χ4v) is 4.46. The molecule has 3 rings (SSSR count). The van der Waals surface area contributed by atoms with E-state index in [1.165, 1.54) is 58.4 Å². The zero-order valence-electron chi connectivity index (χ0n) is 20.7. The van der Waals surface area contributed by atoms with E-state index in [-0.39, 0.29) is 0 Å². The van der Waals surface area contributed by atoms with Crippen LogP contribution in [0.15, 0.2) is 24.3 Å². The predicted octanol–water partition coefficient (Wildman–Crippen LogP) is 5.55. The number of hydrogen-bond acceptors (Lipinski definition) is 5. The Morgan fingerprint density at radius 1 is 0.969 bits per heavy atom. The first kappa shape index (κ1) is 24.8. The molecule has 2 aromatic rings. The molecule has 0 amide bonds. The third kappa shape index (κ3) is 7.35. The molecule has 0 unspecified atom stereocenters. The van der Waals surface area contributed by atoms with Crippen LogP contribution < -0.4 is 9.47 Å². The van der Waals surface area contributed by atoms with Gasteiger partial charge in [-0.2, -0.15) is 0 Å². The normalized spacial score (nSPS) is 15.5. The van der Waals surface area contributed by atoms with Crippen molar-refractivity contribution < 1.29 is 9.47 Å². The van der Waals surface area contributed by atoms with Crippen molar-refractivity contribution >= 4 is 10.9 Å². The third-order valence-corrected chi connectivity index (χ3v) is 6.58. The summed E-state index contributed by atoms with van der Waals surface area (Å²) in [5.74, 6) is 1.79. The summed E-state index contributed by atoms with van der Waals surface area (Å²) in [7, 11) is 1.73. The first-order chi connectivity index (χ1) is 15.6. The SMILES string of the molecule is CCCCc1cc(OC)c2cc(OCCCCCCN3CCN(C(C)C)CC3)ccc2n1. The largest absolute Gasteiger partial charge is 0.496 e. The molecule has 32 heavy (non-hydrogen) atoms. The predicted molar refractivity (Wildman–Crippen MR) is 134 cm³/mol. The molecule has 1 saturated heterocycles. The number of methoxy groups -OCH3 is 1. The van der Waals surface area contributed by atoms with Gasteiger partial charge in [-0.1, -0.05) is 26.2 Å². The number of benzene rings is 1. The molecule has 0 aliphatic carbocycles. The topological polar surface area (TPSA) is 37.8 Å². The average molecular weight is 442 g/mol. The van der Waals surface area contributed by atoms with Crippen LogP contribution in [0.2, 0.25) is 0 Å². The number of ether oxygens (including phenoxy) is 2. The fourth-order valence-electron chi connectivity index (χ4n) is 4.46. The van der Waals surface area contributed by atoms with Crippen LogP contribution >= 0.6 is 0 Å². The lowest BCUT2D eigenvalue weighted by Crippen LogP contribution is -2.48. The Bertz CT molecular complexity index is 816. The van der Waals surface area contributed by atoms with Gasteiger partial charge in [0.05, 0.1) is 19.2 Å². The zero-order valence-corrected chi connectivity index (χ0v) is 20.7. The number of nitrogens with zero attached hydrogens (tertiary/aromatic N) is 3. The highest BCUT2D eigenvalue weighted by Gasteiger charge is 2.17. The van der Waals surface area contributed by atoms with Crippen LogP contribution in [0.4, 0.5) is 0 Å². The molecule has 1 aromatic carbocycles. The van der Waals surface area contributed by atoms with Gasteiger partial charge in [0.1, 0.15) is 11.5 Å². The number of fused-ring (bicyclic) bond motifs is 1. The number of rotatable bonds is 13. The van der Waals surface area contributed by atoms with Gasteiger partial charge < -0.3 is 14.4 Å². The summed E-state index contributed by atoms with van der Waals surface area (Å²) in [5, 5.41) is 1.03. The lowest BCUT2D eigenvalue weighted by molar-refractivity contribution is 0.107. The molecule has 5 heteroatoms. The molecule has 5 nitrogen and oxygen atoms in total. The molecule has 0 bridgehead atoms. The van der Waals surface area contributed by atoms with Crippen molar-refractivity contribution in [2.45, 2.75) is 71.8 Å². The smallest absolute Gasteiger partial charge is 0.130 e. The van der Waals surface area contributed by atoms with Crippen LogP contribution in [0.5, 0.6) is 11.5 Å². The van der Waals surface area contributed by atoms with Gasteiger partial charge in [0.2, 0.25) is 0 Å². The van der Waals surface area contributed by atoms with Crippen LogP contribution in [0.3, 0.4) is 0 Å². The molecule has 1 fully saturated rings. The Labute approximate surface area is 195 Å². The van der Waals surface area contributed by atoms with Crippen molar-refractivity contribution in [3.8, 4) is 11.5 Å². The van der Waals surface area contributed by atoms with Gasteiger partial charge in [-0.3, -0.25) is 9.88 Å². The number of hydrogen-bond donors (Lipinski definition) is 0. The molecule has 178 valence electrons. The molecular weight excluding hydrogens is 398 g/mol. The summed E-state index contributed by atoms with van der Waals surface area (Å²) >= 11 is 0. The Morgan fingerprint density at radius 3 is 2.47 bits per heavy atom. The molecule has 1 aliphatic rings. The van der Waals surface area contributed by atoms with Crippen LogP contribution in [0, 0.1) is 0 Å².